The van der Waals surface area contributed by atoms with Gasteiger partial charge in [0.1, 0.15) is 28.1 Å². The summed E-state index contributed by atoms with van der Waals surface area (Å²) in [6.07, 6.45) is 5.70. The molecule has 0 spiro atoms. The zero-order valence-electron chi connectivity index (χ0n) is 16.7. The first-order chi connectivity index (χ1) is 13.6. The van der Waals surface area contributed by atoms with Gasteiger partial charge in [0.15, 0.2) is 17.1 Å². The van der Waals surface area contributed by atoms with E-state index in [4.69, 9.17) is 9.15 Å². The lowest BCUT2D eigenvalue weighted by Crippen LogP contribution is -2.27. The van der Waals surface area contributed by atoms with Gasteiger partial charge in [0, 0.05) is 17.7 Å². The Morgan fingerprint density at radius 2 is 1.83 bits per heavy atom. The van der Waals surface area contributed by atoms with Crippen molar-refractivity contribution in [1.29, 1.82) is 0 Å². The highest BCUT2D eigenvalue weighted by molar-refractivity contribution is 6.00. The van der Waals surface area contributed by atoms with Crippen LogP contribution in [0.5, 0.6) is 23.0 Å². The van der Waals surface area contributed by atoms with E-state index in [1.54, 1.807) is 6.08 Å². The highest BCUT2D eigenvalue weighted by Gasteiger charge is 2.27. The quantitative estimate of drug-likeness (QED) is 0.329. The van der Waals surface area contributed by atoms with Crippen molar-refractivity contribution < 1.29 is 24.5 Å². The van der Waals surface area contributed by atoms with Crippen molar-refractivity contribution in [2.75, 3.05) is 0 Å². The van der Waals surface area contributed by atoms with Crippen LogP contribution in [0.25, 0.3) is 28.0 Å². The summed E-state index contributed by atoms with van der Waals surface area (Å²) < 4.78 is 11.9. The number of rotatable bonds is 2. The summed E-state index contributed by atoms with van der Waals surface area (Å²) in [4.78, 5) is 13.4. The number of benzene rings is 2. The van der Waals surface area contributed by atoms with Crippen molar-refractivity contribution in [3.05, 3.63) is 51.2 Å². The molecule has 0 saturated heterocycles. The van der Waals surface area contributed by atoms with Crippen LogP contribution < -0.4 is 10.2 Å². The van der Waals surface area contributed by atoms with E-state index in [0.29, 0.717) is 11.3 Å². The molecular formula is C23H22O6. The third kappa shape index (κ3) is 3.01. The summed E-state index contributed by atoms with van der Waals surface area (Å²) in [6.45, 7) is 7.54. The lowest BCUT2D eigenvalue weighted by atomic mass is 9.97. The van der Waals surface area contributed by atoms with Gasteiger partial charge in [-0.05, 0) is 46.3 Å². The molecule has 150 valence electrons. The molecule has 2 heterocycles. The molecule has 0 atom stereocenters. The maximum absolute atomic E-state index is 13.4. The van der Waals surface area contributed by atoms with Crippen LogP contribution in [0, 0.1) is 0 Å². The standard InChI is InChI=1S/C23H22O6/c1-11(2)5-6-13-18-17(10-15(25)20(13)26)28-22-12-7-8-23(3,4)29-16(12)9-14(24)19(22)21(18)27/h5,7-10,24-26H,6H2,1-4H3. The van der Waals surface area contributed by atoms with E-state index in [1.807, 2.05) is 39.8 Å². The Morgan fingerprint density at radius 3 is 2.52 bits per heavy atom. The molecule has 1 aromatic heterocycles. The van der Waals surface area contributed by atoms with E-state index in [9.17, 15) is 20.1 Å². The Hall–Kier alpha value is -3.41. The molecule has 0 aliphatic carbocycles. The average Bonchev–Trinajstić information content (AvgIpc) is 2.61. The molecule has 6 nitrogen and oxygen atoms in total. The Labute approximate surface area is 167 Å². The Balaban J connectivity index is 2.14. The summed E-state index contributed by atoms with van der Waals surface area (Å²) in [7, 11) is 0. The molecule has 0 radical (unpaired) electrons. The van der Waals surface area contributed by atoms with E-state index in [1.165, 1.54) is 12.1 Å². The van der Waals surface area contributed by atoms with E-state index in [0.717, 1.165) is 5.57 Å². The smallest absolute Gasteiger partial charge is 0.204 e. The summed E-state index contributed by atoms with van der Waals surface area (Å²) in [5.74, 6) is -0.609. The SMILES string of the molecule is CC(C)=CCc1c(O)c(O)cc2oc3c4c(cc(O)c3c(=O)c12)OC(C)(C)C=C4. The molecule has 1 aliphatic rings. The molecule has 3 aromatic rings. The predicted molar refractivity (Wildman–Crippen MR) is 112 cm³/mol. The number of ether oxygens (including phenoxy) is 1. The second-order valence-electron chi connectivity index (χ2n) is 8.06. The van der Waals surface area contributed by atoms with Crippen molar-refractivity contribution in [1.82, 2.24) is 0 Å². The van der Waals surface area contributed by atoms with Gasteiger partial charge in [0.2, 0.25) is 5.43 Å². The maximum atomic E-state index is 13.4. The fraction of sp³-hybridized carbons (Fsp3) is 0.261. The van der Waals surface area contributed by atoms with Crippen LogP contribution in [0.3, 0.4) is 0 Å². The zero-order chi connectivity index (χ0) is 21.1. The normalized spacial score (nSPS) is 14.6. The third-order valence-corrected chi connectivity index (χ3v) is 5.01. The molecule has 0 saturated carbocycles. The maximum Gasteiger partial charge on any atom is 0.204 e. The number of fused-ring (bicyclic) bond motifs is 4. The van der Waals surface area contributed by atoms with Crippen molar-refractivity contribution in [3.8, 4) is 23.0 Å². The Morgan fingerprint density at radius 1 is 1.10 bits per heavy atom. The fourth-order valence-electron chi connectivity index (χ4n) is 3.56. The molecule has 6 heteroatoms. The van der Waals surface area contributed by atoms with Gasteiger partial charge in [-0.15, -0.1) is 0 Å². The first-order valence-corrected chi connectivity index (χ1v) is 9.31. The first kappa shape index (κ1) is 18.9. The van der Waals surface area contributed by atoms with Gasteiger partial charge in [-0.2, -0.15) is 0 Å². The van der Waals surface area contributed by atoms with Gasteiger partial charge in [-0.25, -0.2) is 0 Å². The number of hydrogen-bond acceptors (Lipinski definition) is 6. The van der Waals surface area contributed by atoms with Crippen LogP contribution in [0.15, 0.2) is 39.1 Å². The lowest BCUT2D eigenvalue weighted by molar-refractivity contribution is 0.158. The van der Waals surface area contributed by atoms with Crippen molar-refractivity contribution in [2.24, 2.45) is 0 Å². The van der Waals surface area contributed by atoms with E-state index < -0.39 is 11.0 Å². The second kappa shape index (κ2) is 6.30. The van der Waals surface area contributed by atoms with E-state index in [2.05, 4.69) is 0 Å². The topological polar surface area (TPSA) is 100 Å². The highest BCUT2D eigenvalue weighted by Crippen LogP contribution is 2.42. The number of phenols is 3. The highest BCUT2D eigenvalue weighted by atomic mass is 16.5. The van der Waals surface area contributed by atoms with E-state index in [-0.39, 0.29) is 51.2 Å². The Bertz CT molecular complexity index is 1290. The second-order valence-corrected chi connectivity index (χ2v) is 8.06. The molecule has 29 heavy (non-hydrogen) atoms. The average molecular weight is 394 g/mol. The van der Waals surface area contributed by atoms with E-state index >= 15 is 0 Å². The van der Waals surface area contributed by atoms with Crippen LogP contribution in [0.2, 0.25) is 0 Å². The minimum absolute atomic E-state index is 0.00717. The molecule has 3 N–H and O–H groups in total. The summed E-state index contributed by atoms with van der Waals surface area (Å²) in [5.41, 5.74) is 1.03. The minimum atomic E-state index is -0.564. The lowest BCUT2D eigenvalue weighted by Gasteiger charge is -2.28. The van der Waals surface area contributed by atoms with Gasteiger partial charge < -0.3 is 24.5 Å². The molecule has 2 aromatic carbocycles. The minimum Gasteiger partial charge on any atom is -0.507 e. The van der Waals surface area contributed by atoms with Gasteiger partial charge in [0.25, 0.3) is 0 Å². The van der Waals surface area contributed by atoms with Gasteiger partial charge in [0.05, 0.1) is 10.9 Å². The third-order valence-electron chi connectivity index (χ3n) is 5.01. The monoisotopic (exact) mass is 394 g/mol. The summed E-state index contributed by atoms with van der Waals surface area (Å²) in [6, 6.07) is 2.62. The van der Waals surface area contributed by atoms with Crippen molar-refractivity contribution in [2.45, 2.75) is 39.7 Å². The molecule has 0 amide bonds. The van der Waals surface area contributed by atoms with Gasteiger partial charge in [-0.1, -0.05) is 11.6 Å². The Kier molecular flexibility index (Phi) is 4.12. The summed E-state index contributed by atoms with van der Waals surface area (Å²) in [5, 5.41) is 31.3. The van der Waals surface area contributed by atoms with Gasteiger partial charge in [-0.3, -0.25) is 4.79 Å². The molecule has 0 bridgehead atoms. The van der Waals surface area contributed by atoms with Crippen LogP contribution in [0.4, 0.5) is 0 Å². The first-order valence-electron chi connectivity index (χ1n) is 9.31. The molecule has 0 fully saturated rings. The molecule has 1 aliphatic heterocycles. The summed E-state index contributed by atoms with van der Waals surface area (Å²) >= 11 is 0. The fourth-order valence-corrected chi connectivity index (χ4v) is 3.56. The van der Waals surface area contributed by atoms with Gasteiger partial charge >= 0.3 is 0 Å². The molecule has 4 rings (SSSR count). The zero-order valence-corrected chi connectivity index (χ0v) is 16.7. The number of hydrogen-bond donors (Lipinski definition) is 3. The number of phenolic OH excluding ortho intramolecular Hbond substituents is 3. The number of allylic oxidation sites excluding steroid dienone is 2. The van der Waals surface area contributed by atoms with Crippen LogP contribution in [0.1, 0.15) is 38.8 Å². The molecule has 0 unspecified atom stereocenters. The van der Waals surface area contributed by atoms with Crippen LogP contribution in [-0.4, -0.2) is 20.9 Å². The van der Waals surface area contributed by atoms with Crippen LogP contribution >= 0.6 is 0 Å². The molecular weight excluding hydrogens is 372 g/mol. The predicted octanol–water partition coefficient (Wildman–Crippen LogP) is 4.76. The van der Waals surface area contributed by atoms with Crippen molar-refractivity contribution >= 4 is 28.0 Å². The largest absolute Gasteiger partial charge is 0.507 e. The number of aromatic hydroxyl groups is 3. The van der Waals surface area contributed by atoms with Crippen molar-refractivity contribution in [3.63, 3.8) is 0 Å². The van der Waals surface area contributed by atoms with Crippen LogP contribution in [-0.2, 0) is 6.42 Å².